The Labute approximate surface area is 120 Å². The number of nitrogens with one attached hydrogen (secondary N) is 1. The summed E-state index contributed by atoms with van der Waals surface area (Å²) < 4.78 is 1.89. The van der Waals surface area contributed by atoms with Gasteiger partial charge in [0.1, 0.15) is 0 Å². The molecule has 3 rings (SSSR count). The summed E-state index contributed by atoms with van der Waals surface area (Å²) >= 11 is 0. The lowest BCUT2D eigenvalue weighted by Gasteiger charge is -2.31. The van der Waals surface area contributed by atoms with Gasteiger partial charge in [0.05, 0.1) is 5.69 Å². The van der Waals surface area contributed by atoms with Gasteiger partial charge in [0.15, 0.2) is 0 Å². The molecule has 4 nitrogen and oxygen atoms in total. The van der Waals surface area contributed by atoms with Gasteiger partial charge in [-0.05, 0) is 50.2 Å². The Hall–Kier alpha value is -1.65. The minimum absolute atomic E-state index is 0.662. The van der Waals surface area contributed by atoms with Crippen LogP contribution in [0.2, 0.25) is 0 Å². The van der Waals surface area contributed by atoms with Crippen molar-refractivity contribution in [1.82, 2.24) is 20.0 Å². The van der Waals surface area contributed by atoms with E-state index in [2.05, 4.69) is 46.6 Å². The van der Waals surface area contributed by atoms with Crippen LogP contribution in [0.5, 0.6) is 0 Å². The van der Waals surface area contributed by atoms with E-state index in [1.165, 1.54) is 24.9 Å². The van der Waals surface area contributed by atoms with Crippen LogP contribution in [0.3, 0.4) is 0 Å². The summed E-state index contributed by atoms with van der Waals surface area (Å²) in [5.74, 6) is 0. The molecule has 0 aliphatic carbocycles. The first-order chi connectivity index (χ1) is 9.83. The van der Waals surface area contributed by atoms with E-state index >= 15 is 0 Å². The van der Waals surface area contributed by atoms with Crippen LogP contribution in [0.15, 0.2) is 42.7 Å². The van der Waals surface area contributed by atoms with Crippen LogP contribution >= 0.6 is 0 Å². The van der Waals surface area contributed by atoms with E-state index in [1.807, 2.05) is 16.9 Å². The second-order valence-electron chi connectivity index (χ2n) is 5.53. The first-order valence-corrected chi connectivity index (χ1v) is 7.33. The van der Waals surface area contributed by atoms with E-state index in [1.54, 1.807) is 6.20 Å². The number of likely N-dealkylation sites (N-methyl/N-ethyl adjacent to an activating group) is 1. The van der Waals surface area contributed by atoms with Crippen molar-refractivity contribution >= 4 is 0 Å². The van der Waals surface area contributed by atoms with Gasteiger partial charge in [0, 0.05) is 31.5 Å². The van der Waals surface area contributed by atoms with Crippen molar-refractivity contribution in [1.29, 1.82) is 0 Å². The highest BCUT2D eigenvalue weighted by molar-refractivity contribution is 5.33. The molecule has 0 radical (unpaired) electrons. The quantitative estimate of drug-likeness (QED) is 0.923. The minimum Gasteiger partial charge on any atom is -0.315 e. The molecule has 1 aliphatic rings. The summed E-state index contributed by atoms with van der Waals surface area (Å²) in [4.78, 5) is 2.45. The predicted octanol–water partition coefficient (Wildman–Crippen LogP) is 2.06. The van der Waals surface area contributed by atoms with E-state index < -0.39 is 0 Å². The SMILES string of the molecule is CN(Cc1ccc(-n2cccn2)cc1)C1CCCNC1. The van der Waals surface area contributed by atoms with Gasteiger partial charge in [-0.15, -0.1) is 0 Å². The summed E-state index contributed by atoms with van der Waals surface area (Å²) in [6.07, 6.45) is 6.36. The molecule has 2 heterocycles. The van der Waals surface area contributed by atoms with Crippen LogP contribution in [-0.2, 0) is 6.54 Å². The lowest BCUT2D eigenvalue weighted by molar-refractivity contribution is 0.196. The smallest absolute Gasteiger partial charge is 0.0645 e. The molecule has 2 aromatic rings. The first-order valence-electron chi connectivity index (χ1n) is 7.33. The molecule has 20 heavy (non-hydrogen) atoms. The molecule has 1 atom stereocenters. The van der Waals surface area contributed by atoms with Gasteiger partial charge >= 0.3 is 0 Å². The molecule has 1 aromatic heterocycles. The maximum Gasteiger partial charge on any atom is 0.0645 e. The average Bonchev–Trinajstić information content (AvgIpc) is 3.03. The van der Waals surface area contributed by atoms with Crippen molar-refractivity contribution in [3.05, 3.63) is 48.3 Å². The third kappa shape index (κ3) is 3.08. The van der Waals surface area contributed by atoms with Crippen LogP contribution in [0.25, 0.3) is 5.69 Å². The molecule has 1 unspecified atom stereocenters. The zero-order valence-corrected chi connectivity index (χ0v) is 12.0. The fourth-order valence-corrected chi connectivity index (χ4v) is 2.80. The summed E-state index contributed by atoms with van der Waals surface area (Å²) in [7, 11) is 2.22. The van der Waals surface area contributed by atoms with Crippen molar-refractivity contribution in [3.63, 3.8) is 0 Å². The van der Waals surface area contributed by atoms with Gasteiger partial charge in [0.25, 0.3) is 0 Å². The molecule has 0 spiro atoms. The lowest BCUT2D eigenvalue weighted by atomic mass is 10.1. The van der Waals surface area contributed by atoms with Gasteiger partial charge < -0.3 is 5.32 Å². The Morgan fingerprint density at radius 1 is 1.35 bits per heavy atom. The largest absolute Gasteiger partial charge is 0.315 e. The molecule has 0 bridgehead atoms. The molecule has 0 saturated carbocycles. The predicted molar refractivity (Wildman–Crippen MR) is 80.9 cm³/mol. The van der Waals surface area contributed by atoms with Gasteiger partial charge in [-0.2, -0.15) is 5.10 Å². The van der Waals surface area contributed by atoms with Crippen molar-refractivity contribution in [2.24, 2.45) is 0 Å². The van der Waals surface area contributed by atoms with Crippen molar-refractivity contribution in [3.8, 4) is 5.69 Å². The van der Waals surface area contributed by atoms with E-state index in [-0.39, 0.29) is 0 Å². The molecule has 1 N–H and O–H groups in total. The topological polar surface area (TPSA) is 33.1 Å². The molecule has 1 saturated heterocycles. The number of benzene rings is 1. The number of rotatable bonds is 4. The monoisotopic (exact) mass is 270 g/mol. The highest BCUT2D eigenvalue weighted by Crippen LogP contribution is 2.14. The van der Waals surface area contributed by atoms with Gasteiger partial charge in [0.2, 0.25) is 0 Å². The van der Waals surface area contributed by atoms with Crippen molar-refractivity contribution in [2.75, 3.05) is 20.1 Å². The van der Waals surface area contributed by atoms with Crippen molar-refractivity contribution < 1.29 is 0 Å². The van der Waals surface area contributed by atoms with Gasteiger partial charge in [-0.3, -0.25) is 4.90 Å². The highest BCUT2D eigenvalue weighted by atomic mass is 15.3. The van der Waals surface area contributed by atoms with Gasteiger partial charge in [-0.25, -0.2) is 4.68 Å². The Bertz CT molecular complexity index is 512. The van der Waals surface area contributed by atoms with E-state index in [9.17, 15) is 0 Å². The van der Waals surface area contributed by atoms with Gasteiger partial charge in [-0.1, -0.05) is 12.1 Å². The van der Waals surface area contributed by atoms with Crippen LogP contribution in [0.4, 0.5) is 0 Å². The molecular weight excluding hydrogens is 248 g/mol. The summed E-state index contributed by atoms with van der Waals surface area (Å²) in [5, 5.41) is 7.72. The fourth-order valence-electron chi connectivity index (χ4n) is 2.80. The summed E-state index contributed by atoms with van der Waals surface area (Å²) in [6.45, 7) is 3.29. The zero-order valence-electron chi connectivity index (χ0n) is 12.0. The molecule has 1 fully saturated rings. The molecule has 1 aromatic carbocycles. The third-order valence-electron chi connectivity index (χ3n) is 4.03. The number of aromatic nitrogens is 2. The van der Waals surface area contributed by atoms with Crippen LogP contribution in [0.1, 0.15) is 18.4 Å². The summed E-state index contributed by atoms with van der Waals surface area (Å²) in [5.41, 5.74) is 2.47. The Balaban J connectivity index is 1.63. The zero-order chi connectivity index (χ0) is 13.8. The lowest BCUT2D eigenvalue weighted by Crippen LogP contribution is -2.43. The van der Waals surface area contributed by atoms with E-state index in [4.69, 9.17) is 0 Å². The Morgan fingerprint density at radius 3 is 2.85 bits per heavy atom. The van der Waals surface area contributed by atoms with E-state index in [0.717, 1.165) is 18.8 Å². The molecular formula is C16H22N4. The first kappa shape index (κ1) is 13.3. The normalized spacial score (nSPS) is 19.4. The Morgan fingerprint density at radius 2 is 2.20 bits per heavy atom. The second-order valence-corrected chi connectivity index (χ2v) is 5.53. The number of hydrogen-bond acceptors (Lipinski definition) is 3. The van der Waals surface area contributed by atoms with Crippen LogP contribution < -0.4 is 5.32 Å². The number of hydrogen-bond donors (Lipinski definition) is 1. The maximum absolute atomic E-state index is 4.25. The highest BCUT2D eigenvalue weighted by Gasteiger charge is 2.17. The number of piperidine rings is 1. The molecule has 1 aliphatic heterocycles. The standard InChI is InChI=1S/C16H22N4/c1-19(16-4-2-9-17-12-16)13-14-5-7-15(8-6-14)20-11-3-10-18-20/h3,5-8,10-11,16-17H,2,4,9,12-13H2,1H3. The summed E-state index contributed by atoms with van der Waals surface area (Å²) in [6, 6.07) is 11.3. The molecule has 0 amide bonds. The van der Waals surface area contributed by atoms with Crippen molar-refractivity contribution in [2.45, 2.75) is 25.4 Å². The number of nitrogens with zero attached hydrogens (tertiary/aromatic N) is 3. The molecule has 4 heteroatoms. The second kappa shape index (κ2) is 6.20. The maximum atomic E-state index is 4.25. The van der Waals surface area contributed by atoms with E-state index in [0.29, 0.717) is 6.04 Å². The Kier molecular flexibility index (Phi) is 4.14. The third-order valence-corrected chi connectivity index (χ3v) is 4.03. The fraction of sp³-hybridized carbons (Fsp3) is 0.438. The minimum atomic E-state index is 0.662. The van der Waals surface area contributed by atoms with Crippen LogP contribution in [-0.4, -0.2) is 40.9 Å². The van der Waals surface area contributed by atoms with Crippen LogP contribution in [0, 0.1) is 0 Å². The average molecular weight is 270 g/mol. The molecule has 106 valence electrons.